The first-order valence-electron chi connectivity index (χ1n) is 9.28. The Balaban J connectivity index is 1.72. The van der Waals surface area contributed by atoms with Crippen LogP contribution in [0.25, 0.3) is 5.57 Å². The summed E-state index contributed by atoms with van der Waals surface area (Å²) in [5.74, 6) is -0.607. The summed E-state index contributed by atoms with van der Waals surface area (Å²) in [6.45, 7) is 2.22. The number of carbonyl (C=O) groups is 2. The van der Waals surface area contributed by atoms with Gasteiger partial charge in [-0.3, -0.25) is 14.5 Å². The fourth-order valence-electron chi connectivity index (χ4n) is 3.16. The van der Waals surface area contributed by atoms with Crippen LogP contribution in [0.5, 0.6) is 0 Å². The second-order valence-corrected chi connectivity index (χ2v) is 8.91. The van der Waals surface area contributed by atoms with Crippen molar-refractivity contribution < 1.29 is 9.59 Å². The van der Waals surface area contributed by atoms with E-state index in [1.165, 1.54) is 16.7 Å². The highest BCUT2D eigenvalue weighted by atomic mass is 35.5. The van der Waals surface area contributed by atoms with Crippen molar-refractivity contribution in [3.63, 3.8) is 0 Å². The summed E-state index contributed by atoms with van der Waals surface area (Å²) in [6.07, 6.45) is 0. The summed E-state index contributed by atoms with van der Waals surface area (Å²) in [5, 5.41) is 1.18. The molecule has 0 bridgehead atoms. The maximum absolute atomic E-state index is 13.3. The predicted octanol–water partition coefficient (Wildman–Crippen LogP) is 6.37. The van der Waals surface area contributed by atoms with E-state index in [1.54, 1.807) is 36.4 Å². The number of imide groups is 1. The first-order valence-corrected chi connectivity index (χ1v) is 10.8. The number of amides is 2. The largest absolute Gasteiger partial charge is 0.269 e. The smallest absolute Gasteiger partial charge is 0.268 e. The Hall–Kier alpha value is -2.53. The van der Waals surface area contributed by atoms with Crippen LogP contribution in [0, 0.1) is 6.92 Å². The highest BCUT2D eigenvalue weighted by molar-refractivity contribution is 8.04. The van der Waals surface area contributed by atoms with Gasteiger partial charge < -0.3 is 0 Å². The van der Waals surface area contributed by atoms with E-state index in [9.17, 15) is 9.59 Å². The Morgan fingerprint density at radius 2 is 1.33 bits per heavy atom. The molecule has 0 saturated heterocycles. The minimum atomic E-state index is -0.306. The van der Waals surface area contributed by atoms with Crippen LogP contribution in [0.3, 0.4) is 0 Å². The first-order chi connectivity index (χ1) is 14.4. The standard InChI is InChI=1S/C24H17Cl2NO2S/c1-15-2-4-16(5-3-15)14-27-23(28)21(17-6-8-18(25)9-7-17)22(24(27)29)30-20-12-10-19(26)11-13-20/h2-13H,14H2,1H3. The van der Waals surface area contributed by atoms with Crippen LogP contribution in [-0.4, -0.2) is 16.7 Å². The van der Waals surface area contributed by atoms with Gasteiger partial charge in [-0.15, -0.1) is 0 Å². The van der Waals surface area contributed by atoms with Crippen LogP contribution in [0.1, 0.15) is 16.7 Å². The van der Waals surface area contributed by atoms with Crippen LogP contribution in [0.15, 0.2) is 82.6 Å². The molecular formula is C24H17Cl2NO2S. The molecule has 2 amide bonds. The number of nitrogens with zero attached hydrogens (tertiary/aromatic N) is 1. The molecule has 3 nitrogen and oxygen atoms in total. The lowest BCUT2D eigenvalue weighted by Crippen LogP contribution is -2.30. The van der Waals surface area contributed by atoms with E-state index >= 15 is 0 Å². The molecule has 30 heavy (non-hydrogen) atoms. The van der Waals surface area contributed by atoms with Crippen molar-refractivity contribution in [3.05, 3.63) is 104 Å². The Morgan fingerprint density at radius 3 is 1.93 bits per heavy atom. The zero-order chi connectivity index (χ0) is 21.3. The molecule has 4 rings (SSSR count). The van der Waals surface area contributed by atoms with Crippen molar-refractivity contribution in [3.8, 4) is 0 Å². The topological polar surface area (TPSA) is 37.4 Å². The third-order valence-electron chi connectivity index (χ3n) is 4.75. The number of halogens is 2. The van der Waals surface area contributed by atoms with Gasteiger partial charge in [0.25, 0.3) is 11.8 Å². The zero-order valence-corrected chi connectivity index (χ0v) is 18.4. The number of aryl methyl sites for hydroxylation is 1. The second kappa shape index (κ2) is 8.68. The predicted molar refractivity (Wildman–Crippen MR) is 122 cm³/mol. The summed E-state index contributed by atoms with van der Waals surface area (Å²) < 4.78 is 0. The van der Waals surface area contributed by atoms with E-state index in [0.29, 0.717) is 26.1 Å². The molecule has 3 aromatic carbocycles. The van der Waals surface area contributed by atoms with Crippen LogP contribution in [0.4, 0.5) is 0 Å². The Morgan fingerprint density at radius 1 is 0.767 bits per heavy atom. The quantitative estimate of drug-likeness (QED) is 0.420. The van der Waals surface area contributed by atoms with Gasteiger partial charge in [0, 0.05) is 14.9 Å². The number of hydrogen-bond donors (Lipinski definition) is 0. The van der Waals surface area contributed by atoms with Gasteiger partial charge in [0.2, 0.25) is 0 Å². The van der Waals surface area contributed by atoms with Gasteiger partial charge in [0.1, 0.15) is 0 Å². The van der Waals surface area contributed by atoms with Gasteiger partial charge in [-0.05, 0) is 54.4 Å². The van der Waals surface area contributed by atoms with Crippen molar-refractivity contribution in [2.24, 2.45) is 0 Å². The molecule has 0 aromatic heterocycles. The van der Waals surface area contributed by atoms with E-state index in [4.69, 9.17) is 23.2 Å². The molecule has 0 unspecified atom stereocenters. The lowest BCUT2D eigenvalue weighted by atomic mass is 10.1. The average Bonchev–Trinajstić information content (AvgIpc) is 2.96. The third-order valence-corrected chi connectivity index (χ3v) is 6.35. The summed E-state index contributed by atoms with van der Waals surface area (Å²) in [6, 6.07) is 22.0. The summed E-state index contributed by atoms with van der Waals surface area (Å²) in [4.78, 5) is 29.1. The lowest BCUT2D eigenvalue weighted by Gasteiger charge is -2.15. The highest BCUT2D eigenvalue weighted by Crippen LogP contribution is 2.40. The monoisotopic (exact) mass is 453 g/mol. The highest BCUT2D eigenvalue weighted by Gasteiger charge is 2.39. The second-order valence-electron chi connectivity index (χ2n) is 6.95. The van der Waals surface area contributed by atoms with Gasteiger partial charge in [-0.1, -0.05) is 76.9 Å². The maximum atomic E-state index is 13.3. The Kier molecular flexibility index (Phi) is 6.00. The van der Waals surface area contributed by atoms with Gasteiger partial charge in [0.15, 0.2) is 0 Å². The minimum absolute atomic E-state index is 0.222. The summed E-state index contributed by atoms with van der Waals surface area (Å²) in [7, 11) is 0. The van der Waals surface area contributed by atoms with E-state index in [1.807, 2.05) is 43.3 Å². The molecule has 0 atom stereocenters. The van der Waals surface area contributed by atoms with Gasteiger partial charge in [-0.25, -0.2) is 0 Å². The van der Waals surface area contributed by atoms with Gasteiger partial charge in [-0.2, -0.15) is 0 Å². The van der Waals surface area contributed by atoms with Crippen molar-refractivity contribution in [1.82, 2.24) is 4.90 Å². The fourth-order valence-corrected chi connectivity index (χ4v) is 4.42. The Bertz CT molecular complexity index is 1140. The van der Waals surface area contributed by atoms with Crippen LogP contribution < -0.4 is 0 Å². The number of thioether (sulfide) groups is 1. The molecule has 1 aliphatic rings. The molecule has 150 valence electrons. The summed E-state index contributed by atoms with van der Waals surface area (Å²) in [5.41, 5.74) is 3.08. The molecule has 1 aliphatic heterocycles. The molecule has 6 heteroatoms. The summed E-state index contributed by atoms with van der Waals surface area (Å²) >= 11 is 13.3. The zero-order valence-electron chi connectivity index (χ0n) is 16.1. The number of benzene rings is 3. The first kappa shape index (κ1) is 20.7. The van der Waals surface area contributed by atoms with E-state index in [-0.39, 0.29) is 18.4 Å². The normalized spacial score (nSPS) is 14.0. The number of hydrogen-bond acceptors (Lipinski definition) is 3. The molecule has 0 fully saturated rings. The molecule has 0 spiro atoms. The molecule has 0 saturated carbocycles. The molecule has 0 N–H and O–H groups in total. The van der Waals surface area contributed by atoms with E-state index in [0.717, 1.165) is 16.0 Å². The average molecular weight is 454 g/mol. The fraction of sp³-hybridized carbons (Fsp3) is 0.0833. The molecule has 0 radical (unpaired) electrons. The number of rotatable bonds is 5. The molecule has 1 heterocycles. The van der Waals surface area contributed by atoms with Gasteiger partial charge >= 0.3 is 0 Å². The van der Waals surface area contributed by atoms with Crippen LogP contribution in [0.2, 0.25) is 10.0 Å². The third kappa shape index (κ3) is 4.31. The minimum Gasteiger partial charge on any atom is -0.269 e. The SMILES string of the molecule is Cc1ccc(CN2C(=O)C(Sc3ccc(Cl)cc3)=C(c3ccc(Cl)cc3)C2=O)cc1. The van der Waals surface area contributed by atoms with Crippen molar-refractivity contribution in [2.75, 3.05) is 0 Å². The van der Waals surface area contributed by atoms with Crippen molar-refractivity contribution >= 4 is 52.4 Å². The lowest BCUT2D eigenvalue weighted by molar-refractivity contribution is -0.137. The van der Waals surface area contributed by atoms with Crippen molar-refractivity contribution in [1.29, 1.82) is 0 Å². The Labute approximate surface area is 189 Å². The maximum Gasteiger partial charge on any atom is 0.268 e. The van der Waals surface area contributed by atoms with Crippen LogP contribution >= 0.6 is 35.0 Å². The number of carbonyl (C=O) groups excluding carboxylic acids is 2. The van der Waals surface area contributed by atoms with Crippen LogP contribution in [-0.2, 0) is 16.1 Å². The molecular weight excluding hydrogens is 437 g/mol. The molecule has 3 aromatic rings. The van der Waals surface area contributed by atoms with Crippen molar-refractivity contribution in [2.45, 2.75) is 18.4 Å². The van der Waals surface area contributed by atoms with E-state index < -0.39 is 0 Å². The van der Waals surface area contributed by atoms with E-state index in [2.05, 4.69) is 0 Å². The van der Waals surface area contributed by atoms with Gasteiger partial charge in [0.05, 0.1) is 17.0 Å². The molecule has 0 aliphatic carbocycles.